The van der Waals surface area contributed by atoms with Gasteiger partial charge in [0, 0.05) is 24.9 Å². The van der Waals surface area contributed by atoms with Gasteiger partial charge in [-0.1, -0.05) is 32.6 Å². The SMILES string of the molecule is CCCCCCCc1cc(C(=O)[O-])ncc1C(=O)NS(=O)(=O)c1ccc(C(=O)NCCOCC)cc1. The third kappa shape index (κ3) is 8.72. The molecule has 0 unspecified atom stereocenters. The number of sulfonamides is 1. The Kier molecular flexibility index (Phi) is 11.5. The van der Waals surface area contributed by atoms with Gasteiger partial charge in [0.2, 0.25) is 0 Å². The summed E-state index contributed by atoms with van der Waals surface area (Å²) in [7, 11) is -4.26. The number of nitrogens with zero attached hydrogens (tertiary/aromatic N) is 1. The number of hydrogen-bond donors (Lipinski definition) is 2. The number of benzene rings is 1. The molecule has 2 amide bonds. The fraction of sp³-hybridized carbons (Fsp3) is 0.440. The maximum absolute atomic E-state index is 12.8. The molecule has 0 saturated carbocycles. The van der Waals surface area contributed by atoms with Gasteiger partial charge in [0.15, 0.2) is 0 Å². The highest BCUT2D eigenvalue weighted by atomic mass is 32.2. The molecule has 1 aromatic carbocycles. The first-order chi connectivity index (χ1) is 17.2. The van der Waals surface area contributed by atoms with Crippen LogP contribution in [-0.2, 0) is 21.2 Å². The van der Waals surface area contributed by atoms with Crippen molar-refractivity contribution in [1.82, 2.24) is 15.0 Å². The van der Waals surface area contributed by atoms with Crippen LogP contribution < -0.4 is 15.1 Å². The van der Waals surface area contributed by atoms with E-state index in [4.69, 9.17) is 4.74 Å². The Labute approximate surface area is 211 Å². The maximum Gasteiger partial charge on any atom is 0.266 e. The number of carbonyl (C=O) groups is 3. The Balaban J connectivity index is 2.13. The number of carbonyl (C=O) groups excluding carboxylic acids is 3. The average Bonchev–Trinajstić information content (AvgIpc) is 2.86. The fourth-order valence-corrected chi connectivity index (χ4v) is 4.41. The van der Waals surface area contributed by atoms with Crippen LogP contribution in [0.2, 0.25) is 0 Å². The zero-order valence-electron chi connectivity index (χ0n) is 20.5. The summed E-state index contributed by atoms with van der Waals surface area (Å²) in [6.45, 7) is 5.14. The highest BCUT2D eigenvalue weighted by molar-refractivity contribution is 7.90. The molecule has 36 heavy (non-hydrogen) atoms. The number of carboxylic acids is 1. The zero-order chi connectivity index (χ0) is 26.6. The van der Waals surface area contributed by atoms with E-state index in [0.29, 0.717) is 38.2 Å². The van der Waals surface area contributed by atoms with E-state index >= 15 is 0 Å². The van der Waals surface area contributed by atoms with Crippen LogP contribution in [0.5, 0.6) is 0 Å². The van der Waals surface area contributed by atoms with Gasteiger partial charge in [-0.25, -0.2) is 13.1 Å². The van der Waals surface area contributed by atoms with E-state index in [1.54, 1.807) is 0 Å². The molecule has 0 aliphatic carbocycles. The van der Waals surface area contributed by atoms with E-state index < -0.39 is 21.9 Å². The van der Waals surface area contributed by atoms with Crippen LogP contribution in [0.4, 0.5) is 0 Å². The Morgan fingerprint density at radius 2 is 1.69 bits per heavy atom. The number of unbranched alkanes of at least 4 members (excludes halogenated alkanes) is 4. The number of rotatable bonds is 15. The normalized spacial score (nSPS) is 11.2. The van der Waals surface area contributed by atoms with E-state index in [0.717, 1.165) is 31.9 Å². The molecule has 0 atom stereocenters. The zero-order valence-corrected chi connectivity index (χ0v) is 21.4. The molecule has 2 aromatic rings. The van der Waals surface area contributed by atoms with Gasteiger partial charge < -0.3 is 20.0 Å². The van der Waals surface area contributed by atoms with Crippen molar-refractivity contribution >= 4 is 27.8 Å². The van der Waals surface area contributed by atoms with E-state index in [2.05, 4.69) is 17.2 Å². The quantitative estimate of drug-likeness (QED) is 0.339. The number of carboxylic acid groups (broad SMARTS) is 1. The summed E-state index contributed by atoms with van der Waals surface area (Å²) in [4.78, 5) is 39.7. The van der Waals surface area contributed by atoms with Gasteiger partial charge in [-0.15, -0.1) is 0 Å². The van der Waals surface area contributed by atoms with E-state index in [-0.39, 0.29) is 27.6 Å². The predicted molar refractivity (Wildman–Crippen MR) is 131 cm³/mol. The molecule has 2 N–H and O–H groups in total. The molecule has 2 rings (SSSR count). The van der Waals surface area contributed by atoms with Gasteiger partial charge in [0.25, 0.3) is 21.8 Å². The molecule has 10 nitrogen and oxygen atoms in total. The number of amides is 2. The first-order valence-electron chi connectivity index (χ1n) is 11.9. The summed E-state index contributed by atoms with van der Waals surface area (Å²) in [6, 6.07) is 6.37. The minimum atomic E-state index is -4.26. The first-order valence-corrected chi connectivity index (χ1v) is 13.4. The molecule has 0 radical (unpaired) electrons. The molecule has 0 fully saturated rings. The third-order valence-corrected chi connectivity index (χ3v) is 6.73. The molecule has 0 spiro atoms. The average molecular weight is 519 g/mol. The van der Waals surface area contributed by atoms with Gasteiger partial charge in [-0.3, -0.25) is 14.6 Å². The minimum absolute atomic E-state index is 0.0237. The lowest BCUT2D eigenvalue weighted by Crippen LogP contribution is -2.32. The van der Waals surface area contributed by atoms with E-state index in [1.165, 1.54) is 30.3 Å². The molecule has 0 bridgehead atoms. The number of aromatic nitrogens is 1. The number of aromatic carboxylic acids is 1. The van der Waals surface area contributed by atoms with E-state index in [1.807, 2.05) is 11.6 Å². The van der Waals surface area contributed by atoms with Crippen molar-refractivity contribution in [2.75, 3.05) is 19.8 Å². The summed E-state index contributed by atoms with van der Waals surface area (Å²) in [5, 5.41) is 13.9. The molecule has 1 heterocycles. The number of hydrogen-bond acceptors (Lipinski definition) is 8. The maximum atomic E-state index is 12.8. The molecular weight excluding hydrogens is 486 g/mol. The predicted octanol–water partition coefficient (Wildman–Crippen LogP) is 1.84. The number of nitrogens with one attached hydrogen (secondary N) is 2. The molecule has 0 aliphatic rings. The lowest BCUT2D eigenvalue weighted by molar-refractivity contribution is -0.255. The number of pyridine rings is 1. The second-order valence-electron chi connectivity index (χ2n) is 8.09. The van der Waals surface area contributed by atoms with Crippen molar-refractivity contribution in [3.8, 4) is 0 Å². The molecular formula is C25H32N3O7S-. The Morgan fingerprint density at radius 1 is 1.00 bits per heavy atom. The Morgan fingerprint density at radius 3 is 2.33 bits per heavy atom. The minimum Gasteiger partial charge on any atom is -0.543 e. The fourth-order valence-electron chi connectivity index (χ4n) is 3.44. The number of aryl methyl sites for hydroxylation is 1. The Hall–Kier alpha value is -3.31. The Bertz CT molecular complexity index is 1150. The van der Waals surface area contributed by atoms with Gasteiger partial charge in [0.05, 0.1) is 28.7 Å². The molecule has 1 aromatic heterocycles. The summed E-state index contributed by atoms with van der Waals surface area (Å²) < 4.78 is 32.7. The van der Waals surface area contributed by atoms with Crippen molar-refractivity contribution < 1.29 is 32.6 Å². The van der Waals surface area contributed by atoms with Crippen LogP contribution in [-0.4, -0.2) is 50.9 Å². The standard InChI is InChI=1S/C25H33N3O7S/c1-3-5-6-7-8-9-19-16-22(25(31)32)27-17-21(19)24(30)28-36(33,34)20-12-10-18(11-13-20)23(29)26-14-15-35-4-2/h10-13,16-17H,3-9,14-15H2,1-2H3,(H,26,29)(H,28,30)(H,31,32)/p-1. The van der Waals surface area contributed by atoms with Crippen LogP contribution in [0.25, 0.3) is 0 Å². The van der Waals surface area contributed by atoms with Crippen molar-refractivity contribution in [3.63, 3.8) is 0 Å². The highest BCUT2D eigenvalue weighted by Gasteiger charge is 2.22. The summed E-state index contributed by atoms with van der Waals surface area (Å²) in [5.74, 6) is -2.79. The molecule has 0 aliphatic heterocycles. The van der Waals surface area contributed by atoms with Crippen LogP contribution in [0, 0.1) is 0 Å². The molecule has 11 heteroatoms. The second kappa shape index (κ2) is 14.3. The van der Waals surface area contributed by atoms with Crippen molar-refractivity contribution in [2.45, 2.75) is 57.3 Å². The van der Waals surface area contributed by atoms with Crippen molar-refractivity contribution in [2.24, 2.45) is 0 Å². The van der Waals surface area contributed by atoms with Crippen LogP contribution in [0.3, 0.4) is 0 Å². The summed E-state index contributed by atoms with van der Waals surface area (Å²) >= 11 is 0. The molecule has 0 saturated heterocycles. The van der Waals surface area contributed by atoms with Gasteiger partial charge >= 0.3 is 0 Å². The van der Waals surface area contributed by atoms with Crippen LogP contribution in [0.15, 0.2) is 41.4 Å². The van der Waals surface area contributed by atoms with Crippen molar-refractivity contribution in [3.05, 3.63) is 58.9 Å². The van der Waals surface area contributed by atoms with E-state index in [9.17, 15) is 27.9 Å². The smallest absolute Gasteiger partial charge is 0.266 e. The molecule has 196 valence electrons. The van der Waals surface area contributed by atoms with Crippen LogP contribution >= 0.6 is 0 Å². The number of ether oxygens (including phenoxy) is 1. The third-order valence-electron chi connectivity index (χ3n) is 5.38. The van der Waals surface area contributed by atoms with Crippen LogP contribution in [0.1, 0.15) is 82.7 Å². The van der Waals surface area contributed by atoms with Gasteiger partial charge in [-0.05, 0) is 55.7 Å². The van der Waals surface area contributed by atoms with Crippen molar-refractivity contribution in [1.29, 1.82) is 0 Å². The van der Waals surface area contributed by atoms with Gasteiger partial charge in [0.1, 0.15) is 0 Å². The monoisotopic (exact) mass is 518 g/mol. The summed E-state index contributed by atoms with van der Waals surface area (Å²) in [5.41, 5.74) is 0.286. The first kappa shape index (κ1) is 28.9. The topological polar surface area (TPSA) is 155 Å². The lowest BCUT2D eigenvalue weighted by atomic mass is 10.0. The van der Waals surface area contributed by atoms with Gasteiger partial charge in [-0.2, -0.15) is 0 Å². The second-order valence-corrected chi connectivity index (χ2v) is 9.77. The lowest BCUT2D eigenvalue weighted by Gasteiger charge is -2.13. The summed E-state index contributed by atoms with van der Waals surface area (Å²) in [6.07, 6.45) is 6.18. The highest BCUT2D eigenvalue weighted by Crippen LogP contribution is 2.17. The largest absolute Gasteiger partial charge is 0.543 e.